The van der Waals surface area contributed by atoms with Crippen LogP contribution in [0.3, 0.4) is 0 Å². The standard InChI is InChI=1S/C21H27NO2/c1-14-9-15(2)11-16(10-14)13-22-17-5-6-18-19(12-17)21(24-4)8-7-20(18)23-3/h7-11,17,22H,5-6,12-13H2,1-4H3. The number of rotatable bonds is 5. The monoisotopic (exact) mass is 325 g/mol. The Hall–Kier alpha value is -2.00. The third-order valence-electron chi connectivity index (χ3n) is 4.85. The van der Waals surface area contributed by atoms with E-state index in [-0.39, 0.29) is 0 Å². The van der Waals surface area contributed by atoms with E-state index in [1.54, 1.807) is 14.2 Å². The lowest BCUT2D eigenvalue weighted by Crippen LogP contribution is -2.34. The van der Waals surface area contributed by atoms with Crippen molar-refractivity contribution in [1.82, 2.24) is 5.32 Å². The van der Waals surface area contributed by atoms with Crippen molar-refractivity contribution in [3.05, 3.63) is 58.1 Å². The maximum absolute atomic E-state index is 5.57. The van der Waals surface area contributed by atoms with Crippen LogP contribution in [0.25, 0.3) is 0 Å². The SMILES string of the molecule is COc1ccc(OC)c2c1CCC(NCc1cc(C)cc(C)c1)C2. The highest BCUT2D eigenvalue weighted by Crippen LogP contribution is 2.36. The van der Waals surface area contributed by atoms with Gasteiger partial charge in [-0.25, -0.2) is 0 Å². The molecule has 0 radical (unpaired) electrons. The molecule has 3 nitrogen and oxygen atoms in total. The van der Waals surface area contributed by atoms with Gasteiger partial charge in [-0.2, -0.15) is 0 Å². The lowest BCUT2D eigenvalue weighted by molar-refractivity contribution is 0.376. The van der Waals surface area contributed by atoms with Crippen LogP contribution < -0.4 is 14.8 Å². The van der Waals surface area contributed by atoms with E-state index in [4.69, 9.17) is 9.47 Å². The molecule has 0 fully saturated rings. The molecule has 0 bridgehead atoms. The van der Waals surface area contributed by atoms with E-state index < -0.39 is 0 Å². The Labute approximate surface area is 145 Å². The third-order valence-corrected chi connectivity index (χ3v) is 4.85. The summed E-state index contributed by atoms with van der Waals surface area (Å²) in [6, 6.07) is 11.3. The average Bonchev–Trinajstić information content (AvgIpc) is 2.58. The molecular weight excluding hydrogens is 298 g/mol. The van der Waals surface area contributed by atoms with Crippen molar-refractivity contribution in [2.45, 2.75) is 45.7 Å². The topological polar surface area (TPSA) is 30.5 Å². The molecule has 0 aromatic heterocycles. The van der Waals surface area contributed by atoms with Crippen LogP contribution >= 0.6 is 0 Å². The molecule has 0 saturated heterocycles. The van der Waals surface area contributed by atoms with Crippen LogP contribution in [0, 0.1) is 13.8 Å². The molecule has 1 atom stereocenters. The third kappa shape index (κ3) is 3.57. The van der Waals surface area contributed by atoms with Gasteiger partial charge in [-0.05, 0) is 50.8 Å². The van der Waals surface area contributed by atoms with Crippen molar-refractivity contribution < 1.29 is 9.47 Å². The van der Waals surface area contributed by atoms with Gasteiger partial charge < -0.3 is 14.8 Å². The molecule has 3 heteroatoms. The maximum atomic E-state index is 5.57. The number of hydrogen-bond acceptors (Lipinski definition) is 3. The van der Waals surface area contributed by atoms with E-state index in [9.17, 15) is 0 Å². The van der Waals surface area contributed by atoms with E-state index >= 15 is 0 Å². The van der Waals surface area contributed by atoms with Gasteiger partial charge in [-0.15, -0.1) is 0 Å². The summed E-state index contributed by atoms with van der Waals surface area (Å²) in [6.07, 6.45) is 3.14. The normalized spacial score (nSPS) is 16.6. The number of ether oxygens (including phenoxy) is 2. The second-order valence-electron chi connectivity index (χ2n) is 6.74. The average molecular weight is 325 g/mol. The van der Waals surface area contributed by atoms with Crippen molar-refractivity contribution >= 4 is 0 Å². The minimum atomic E-state index is 0.472. The minimum Gasteiger partial charge on any atom is -0.496 e. The van der Waals surface area contributed by atoms with Gasteiger partial charge in [-0.3, -0.25) is 0 Å². The Morgan fingerprint density at radius 2 is 1.58 bits per heavy atom. The van der Waals surface area contributed by atoms with Crippen LogP contribution in [0.2, 0.25) is 0 Å². The van der Waals surface area contributed by atoms with Gasteiger partial charge in [0, 0.05) is 23.7 Å². The van der Waals surface area contributed by atoms with E-state index in [0.29, 0.717) is 6.04 Å². The highest BCUT2D eigenvalue weighted by molar-refractivity contribution is 5.50. The van der Waals surface area contributed by atoms with E-state index in [1.807, 2.05) is 12.1 Å². The highest BCUT2D eigenvalue weighted by Gasteiger charge is 2.24. The second kappa shape index (κ2) is 7.27. The van der Waals surface area contributed by atoms with Crippen molar-refractivity contribution in [1.29, 1.82) is 0 Å². The van der Waals surface area contributed by atoms with Gasteiger partial charge in [0.05, 0.1) is 14.2 Å². The summed E-state index contributed by atoms with van der Waals surface area (Å²) >= 11 is 0. The Kier molecular flexibility index (Phi) is 5.10. The summed E-state index contributed by atoms with van der Waals surface area (Å²) in [6.45, 7) is 5.23. The fourth-order valence-electron chi connectivity index (χ4n) is 3.80. The molecule has 0 amide bonds. The van der Waals surface area contributed by atoms with Crippen LogP contribution in [0.15, 0.2) is 30.3 Å². The quantitative estimate of drug-likeness (QED) is 0.902. The van der Waals surface area contributed by atoms with Crippen LogP contribution in [-0.2, 0) is 19.4 Å². The number of hydrogen-bond donors (Lipinski definition) is 1. The highest BCUT2D eigenvalue weighted by atomic mass is 16.5. The molecule has 2 aromatic rings. The summed E-state index contributed by atoms with van der Waals surface area (Å²) in [4.78, 5) is 0. The van der Waals surface area contributed by atoms with E-state index in [0.717, 1.165) is 37.3 Å². The molecular formula is C21H27NO2. The molecule has 128 valence electrons. The molecule has 0 spiro atoms. The zero-order chi connectivity index (χ0) is 17.1. The maximum Gasteiger partial charge on any atom is 0.122 e. The van der Waals surface area contributed by atoms with Gasteiger partial charge >= 0.3 is 0 Å². The zero-order valence-corrected chi connectivity index (χ0v) is 15.1. The lowest BCUT2D eigenvalue weighted by atomic mass is 9.86. The van der Waals surface area contributed by atoms with Crippen LogP contribution in [0.1, 0.15) is 34.2 Å². The minimum absolute atomic E-state index is 0.472. The number of aryl methyl sites for hydroxylation is 2. The van der Waals surface area contributed by atoms with E-state index in [2.05, 4.69) is 37.4 Å². The predicted octanol–water partition coefficient (Wildman–Crippen LogP) is 3.97. The van der Waals surface area contributed by atoms with Crippen molar-refractivity contribution in [2.24, 2.45) is 0 Å². The predicted molar refractivity (Wildman–Crippen MR) is 98.1 cm³/mol. The summed E-state index contributed by atoms with van der Waals surface area (Å²) in [5.74, 6) is 1.96. The molecule has 2 aromatic carbocycles. The molecule has 0 aliphatic heterocycles. The molecule has 0 heterocycles. The van der Waals surface area contributed by atoms with Gasteiger partial charge in [-0.1, -0.05) is 29.3 Å². The van der Waals surface area contributed by atoms with Crippen LogP contribution in [0.5, 0.6) is 11.5 Å². The number of methoxy groups -OCH3 is 2. The molecule has 24 heavy (non-hydrogen) atoms. The van der Waals surface area contributed by atoms with Crippen molar-refractivity contribution in [3.63, 3.8) is 0 Å². The largest absolute Gasteiger partial charge is 0.496 e. The fraction of sp³-hybridized carbons (Fsp3) is 0.429. The summed E-state index contributed by atoms with van der Waals surface area (Å²) < 4.78 is 11.1. The molecule has 3 rings (SSSR count). The first kappa shape index (κ1) is 16.8. The lowest BCUT2D eigenvalue weighted by Gasteiger charge is -2.28. The first-order valence-corrected chi connectivity index (χ1v) is 8.64. The Morgan fingerprint density at radius 3 is 2.21 bits per heavy atom. The Bertz CT molecular complexity index is 704. The van der Waals surface area contributed by atoms with Gasteiger partial charge in [0.25, 0.3) is 0 Å². The second-order valence-corrected chi connectivity index (χ2v) is 6.74. The van der Waals surface area contributed by atoms with Crippen molar-refractivity contribution in [3.8, 4) is 11.5 Å². The number of benzene rings is 2. The first-order chi connectivity index (χ1) is 11.6. The zero-order valence-electron chi connectivity index (χ0n) is 15.1. The number of fused-ring (bicyclic) bond motifs is 1. The van der Waals surface area contributed by atoms with Crippen molar-refractivity contribution in [2.75, 3.05) is 14.2 Å². The smallest absolute Gasteiger partial charge is 0.122 e. The summed E-state index contributed by atoms with van der Waals surface area (Å²) in [5.41, 5.74) is 6.61. The van der Waals surface area contributed by atoms with Gasteiger partial charge in [0.1, 0.15) is 11.5 Å². The Morgan fingerprint density at radius 1 is 0.958 bits per heavy atom. The summed E-state index contributed by atoms with van der Waals surface area (Å²) in [7, 11) is 3.49. The van der Waals surface area contributed by atoms with Crippen LogP contribution in [-0.4, -0.2) is 20.3 Å². The molecule has 1 N–H and O–H groups in total. The van der Waals surface area contributed by atoms with E-state index in [1.165, 1.54) is 27.8 Å². The van der Waals surface area contributed by atoms with Gasteiger partial charge in [0.2, 0.25) is 0 Å². The summed E-state index contributed by atoms with van der Waals surface area (Å²) in [5, 5.41) is 3.73. The Balaban J connectivity index is 1.73. The number of nitrogens with one attached hydrogen (secondary N) is 1. The molecule has 1 aliphatic carbocycles. The van der Waals surface area contributed by atoms with Gasteiger partial charge in [0.15, 0.2) is 0 Å². The van der Waals surface area contributed by atoms with Crippen LogP contribution in [0.4, 0.5) is 0 Å². The molecule has 1 aliphatic rings. The molecule has 1 unspecified atom stereocenters. The first-order valence-electron chi connectivity index (χ1n) is 8.64. The molecule has 0 saturated carbocycles. The fourth-order valence-corrected chi connectivity index (χ4v) is 3.80.